The minimum absolute atomic E-state index is 0.253. The van der Waals surface area contributed by atoms with Gasteiger partial charge in [-0.15, -0.1) is 11.3 Å². The highest BCUT2D eigenvalue weighted by Crippen LogP contribution is 2.20. The molecule has 0 atom stereocenters. The van der Waals surface area contributed by atoms with Gasteiger partial charge < -0.3 is 4.57 Å². The van der Waals surface area contributed by atoms with E-state index in [1.807, 2.05) is 31.2 Å². The number of fused-ring (bicyclic) bond motifs is 1. The number of thiazole rings is 1. The zero-order chi connectivity index (χ0) is 15.0. The van der Waals surface area contributed by atoms with Crippen molar-refractivity contribution in [2.75, 3.05) is 0 Å². The Morgan fingerprint density at radius 3 is 2.33 bits per heavy atom. The third kappa shape index (κ3) is 2.30. The van der Waals surface area contributed by atoms with Crippen LogP contribution in [0.3, 0.4) is 0 Å². The molecule has 0 radical (unpaired) electrons. The summed E-state index contributed by atoms with van der Waals surface area (Å²) in [5.74, 6) is 0. The van der Waals surface area contributed by atoms with Crippen LogP contribution in [0.1, 0.15) is 11.8 Å². The van der Waals surface area contributed by atoms with Gasteiger partial charge >= 0.3 is 11.1 Å². The highest BCUT2D eigenvalue weighted by molar-refractivity contribution is 7.10. The number of para-hydroxylation sites is 2. The van der Waals surface area contributed by atoms with Gasteiger partial charge in [0.1, 0.15) is 5.15 Å². The van der Waals surface area contributed by atoms with E-state index in [0.717, 1.165) is 10.4 Å². The predicted octanol–water partition coefficient (Wildman–Crippen LogP) is 2.34. The van der Waals surface area contributed by atoms with Crippen LogP contribution < -0.4 is 11.1 Å². The van der Waals surface area contributed by atoms with E-state index in [2.05, 4.69) is 4.98 Å². The summed E-state index contributed by atoms with van der Waals surface area (Å²) in [5, 5.41) is 0.371. The molecule has 108 valence electrons. The minimum atomic E-state index is -0.542. The van der Waals surface area contributed by atoms with Gasteiger partial charge in [0.05, 0.1) is 28.0 Å². The third-order valence-electron chi connectivity index (χ3n) is 3.35. The van der Waals surface area contributed by atoms with Gasteiger partial charge in [-0.2, -0.15) is 0 Å². The topological polar surface area (TPSA) is 56.9 Å². The number of nitrogens with zero attached hydrogens (tertiary/aromatic N) is 3. The molecule has 0 saturated heterocycles. The Kier molecular flexibility index (Phi) is 3.65. The molecule has 0 bridgehead atoms. The summed E-state index contributed by atoms with van der Waals surface area (Å²) in [6, 6.07) is 7.36. The average molecular weight is 322 g/mol. The van der Waals surface area contributed by atoms with Gasteiger partial charge in [0.25, 0.3) is 0 Å². The maximum Gasteiger partial charge on any atom is 0.317 e. The van der Waals surface area contributed by atoms with Gasteiger partial charge in [-0.3, -0.25) is 14.2 Å². The van der Waals surface area contributed by atoms with Crippen molar-refractivity contribution in [3.8, 4) is 0 Å². The van der Waals surface area contributed by atoms with E-state index in [4.69, 9.17) is 11.6 Å². The highest BCUT2D eigenvalue weighted by atomic mass is 35.5. The first kappa shape index (κ1) is 14.0. The number of rotatable bonds is 3. The Hall–Kier alpha value is -1.92. The van der Waals surface area contributed by atoms with Crippen molar-refractivity contribution in [3.63, 3.8) is 0 Å². The quantitative estimate of drug-likeness (QED) is 0.696. The van der Waals surface area contributed by atoms with Gasteiger partial charge in [0, 0.05) is 6.54 Å². The summed E-state index contributed by atoms with van der Waals surface area (Å²) in [6.45, 7) is 2.55. The molecule has 2 aromatic heterocycles. The van der Waals surface area contributed by atoms with Crippen molar-refractivity contribution in [3.05, 3.63) is 60.5 Å². The molecule has 21 heavy (non-hydrogen) atoms. The Morgan fingerprint density at radius 2 is 1.76 bits per heavy atom. The molecule has 0 amide bonds. The zero-order valence-electron chi connectivity index (χ0n) is 11.2. The summed E-state index contributed by atoms with van der Waals surface area (Å²) in [7, 11) is 0. The first-order valence-corrected chi connectivity index (χ1v) is 7.69. The normalized spacial score (nSPS) is 11.1. The highest BCUT2D eigenvalue weighted by Gasteiger charge is 2.14. The molecule has 5 nitrogen and oxygen atoms in total. The van der Waals surface area contributed by atoms with Crippen LogP contribution in [0, 0.1) is 0 Å². The summed E-state index contributed by atoms with van der Waals surface area (Å²) in [5.41, 5.74) is 2.02. The molecule has 0 aliphatic carbocycles. The summed E-state index contributed by atoms with van der Waals surface area (Å²) in [4.78, 5) is 29.3. The van der Waals surface area contributed by atoms with Crippen LogP contribution in [0.2, 0.25) is 5.15 Å². The van der Waals surface area contributed by atoms with Crippen LogP contribution in [-0.2, 0) is 13.1 Å². The third-order valence-corrected chi connectivity index (χ3v) is 4.60. The summed E-state index contributed by atoms with van der Waals surface area (Å²) < 4.78 is 2.95. The number of benzene rings is 1. The summed E-state index contributed by atoms with van der Waals surface area (Å²) in [6.07, 6.45) is 0. The fourth-order valence-electron chi connectivity index (χ4n) is 2.34. The molecular weight excluding hydrogens is 310 g/mol. The molecule has 1 aromatic carbocycles. The van der Waals surface area contributed by atoms with Crippen LogP contribution in [0.15, 0.2) is 39.4 Å². The van der Waals surface area contributed by atoms with Gasteiger partial charge in [-0.05, 0) is 19.1 Å². The zero-order valence-corrected chi connectivity index (χ0v) is 12.8. The first-order valence-electron chi connectivity index (χ1n) is 6.43. The molecule has 0 aliphatic rings. The lowest BCUT2D eigenvalue weighted by Gasteiger charge is -2.13. The van der Waals surface area contributed by atoms with Crippen molar-refractivity contribution in [2.45, 2.75) is 20.0 Å². The van der Waals surface area contributed by atoms with Crippen molar-refractivity contribution < 1.29 is 0 Å². The SMILES string of the molecule is CCn1c(=O)c(=O)n(Cc2scnc2Cl)c2ccccc21. The van der Waals surface area contributed by atoms with E-state index in [1.54, 1.807) is 5.51 Å². The smallest absolute Gasteiger partial charge is 0.302 e. The van der Waals surface area contributed by atoms with Crippen molar-refractivity contribution >= 4 is 34.0 Å². The van der Waals surface area contributed by atoms with E-state index in [0.29, 0.717) is 17.2 Å². The largest absolute Gasteiger partial charge is 0.317 e. The minimum Gasteiger partial charge on any atom is -0.302 e. The predicted molar refractivity (Wildman–Crippen MR) is 84.4 cm³/mol. The molecule has 0 saturated carbocycles. The number of halogens is 1. The van der Waals surface area contributed by atoms with Crippen LogP contribution in [0.5, 0.6) is 0 Å². The fourth-order valence-corrected chi connectivity index (χ4v) is 3.28. The molecule has 0 spiro atoms. The molecule has 0 fully saturated rings. The number of aromatic nitrogens is 3. The van der Waals surface area contributed by atoms with E-state index in [-0.39, 0.29) is 6.54 Å². The molecule has 0 aliphatic heterocycles. The maximum atomic E-state index is 12.4. The average Bonchev–Trinajstić information content (AvgIpc) is 2.89. The second-order valence-corrected chi connectivity index (χ2v) is 5.79. The van der Waals surface area contributed by atoms with Gasteiger partial charge in [0.15, 0.2) is 0 Å². The first-order chi connectivity index (χ1) is 10.1. The molecule has 3 rings (SSSR count). The molecule has 3 aromatic rings. The number of hydrogen-bond donors (Lipinski definition) is 0. The van der Waals surface area contributed by atoms with E-state index in [1.165, 1.54) is 20.5 Å². The van der Waals surface area contributed by atoms with E-state index in [9.17, 15) is 9.59 Å². The molecule has 0 N–H and O–H groups in total. The lowest BCUT2D eigenvalue weighted by Crippen LogP contribution is -2.41. The molecule has 0 unspecified atom stereocenters. The second-order valence-electron chi connectivity index (χ2n) is 4.50. The maximum absolute atomic E-state index is 12.4. The van der Waals surface area contributed by atoms with Crippen LogP contribution in [-0.4, -0.2) is 14.1 Å². The van der Waals surface area contributed by atoms with Crippen LogP contribution in [0.25, 0.3) is 11.0 Å². The molecular formula is C14H12ClN3O2S. The van der Waals surface area contributed by atoms with Crippen molar-refractivity contribution in [1.82, 2.24) is 14.1 Å². The lowest BCUT2D eigenvalue weighted by molar-refractivity contribution is 0.698. The number of hydrogen-bond acceptors (Lipinski definition) is 4. The molecule has 2 heterocycles. The Labute approximate surface area is 129 Å². The van der Waals surface area contributed by atoms with Gasteiger partial charge in [-0.25, -0.2) is 4.98 Å². The van der Waals surface area contributed by atoms with E-state index < -0.39 is 11.1 Å². The lowest BCUT2D eigenvalue weighted by atomic mass is 10.2. The standard InChI is InChI=1S/C14H12ClN3O2S/c1-2-17-9-5-3-4-6-10(9)18(14(20)13(17)19)7-11-12(15)16-8-21-11/h3-6,8H,2,7H2,1H3. The van der Waals surface area contributed by atoms with Crippen LogP contribution in [0.4, 0.5) is 0 Å². The molecule has 7 heteroatoms. The Balaban J connectivity index is 2.33. The second kappa shape index (κ2) is 5.46. The summed E-state index contributed by atoms with van der Waals surface area (Å²) >= 11 is 7.36. The van der Waals surface area contributed by atoms with Gasteiger partial charge in [0.2, 0.25) is 0 Å². The number of aryl methyl sites for hydroxylation is 1. The fraction of sp³-hybridized carbons (Fsp3) is 0.214. The Morgan fingerprint density at radius 1 is 1.14 bits per heavy atom. The van der Waals surface area contributed by atoms with Crippen LogP contribution >= 0.6 is 22.9 Å². The van der Waals surface area contributed by atoms with Gasteiger partial charge in [-0.1, -0.05) is 23.7 Å². The van der Waals surface area contributed by atoms with Crippen molar-refractivity contribution in [2.24, 2.45) is 0 Å². The Bertz CT molecular complexity index is 926. The van der Waals surface area contributed by atoms with E-state index >= 15 is 0 Å². The monoisotopic (exact) mass is 321 g/mol. The van der Waals surface area contributed by atoms with Crippen molar-refractivity contribution in [1.29, 1.82) is 0 Å².